The minimum absolute atomic E-state index is 0.255. The molecule has 0 saturated heterocycles. The van der Waals surface area contributed by atoms with Crippen molar-refractivity contribution in [1.29, 1.82) is 0 Å². The Morgan fingerprint density at radius 1 is 1.45 bits per heavy atom. The Balaban J connectivity index is 2.17. The fourth-order valence-corrected chi connectivity index (χ4v) is 3.06. The van der Waals surface area contributed by atoms with Crippen LogP contribution < -0.4 is 0 Å². The third-order valence-corrected chi connectivity index (χ3v) is 4.31. The third kappa shape index (κ3) is 3.36. The number of aryl methyl sites for hydroxylation is 1. The summed E-state index contributed by atoms with van der Waals surface area (Å²) in [6.07, 6.45) is 0. The predicted octanol–water partition coefficient (Wildman–Crippen LogP) is 3.44. The summed E-state index contributed by atoms with van der Waals surface area (Å²) >= 11 is 7.73. The number of nitrogens with zero attached hydrogens (tertiary/aromatic N) is 2. The highest BCUT2D eigenvalue weighted by Gasteiger charge is 2.15. The normalized spacial score (nSPS) is 11.0. The summed E-state index contributed by atoms with van der Waals surface area (Å²) < 4.78 is 0. The minimum Gasteiger partial charge on any atom is -0.478 e. The van der Waals surface area contributed by atoms with E-state index < -0.39 is 5.97 Å². The summed E-state index contributed by atoms with van der Waals surface area (Å²) in [4.78, 5) is 18.7. The van der Waals surface area contributed by atoms with Crippen molar-refractivity contribution in [2.24, 2.45) is 0 Å². The highest BCUT2D eigenvalue weighted by Crippen LogP contribution is 2.23. The van der Waals surface area contributed by atoms with Crippen LogP contribution >= 0.6 is 22.9 Å². The Labute approximate surface area is 126 Å². The standard InChI is InChI=1S/C14H15ClN2O2S/c1-9-13(20-8-16-9)7-17(2)6-11-10(14(18)19)4-3-5-12(11)15/h3-5,8H,6-7H2,1-2H3,(H,18,19). The zero-order valence-corrected chi connectivity index (χ0v) is 12.8. The van der Waals surface area contributed by atoms with Gasteiger partial charge in [0.1, 0.15) is 0 Å². The number of carboxylic acid groups (broad SMARTS) is 1. The molecule has 0 spiro atoms. The van der Waals surface area contributed by atoms with Crippen molar-refractivity contribution in [2.45, 2.75) is 20.0 Å². The number of aromatic carboxylic acids is 1. The van der Waals surface area contributed by atoms with Gasteiger partial charge in [-0.15, -0.1) is 11.3 Å². The SMILES string of the molecule is Cc1ncsc1CN(C)Cc1c(Cl)cccc1C(=O)O. The molecular weight excluding hydrogens is 296 g/mol. The number of thiazole rings is 1. The Kier molecular flexibility index (Phi) is 4.75. The molecule has 0 unspecified atom stereocenters. The lowest BCUT2D eigenvalue weighted by Crippen LogP contribution is -2.19. The van der Waals surface area contributed by atoms with Gasteiger partial charge in [-0.3, -0.25) is 4.90 Å². The first-order valence-corrected chi connectivity index (χ1v) is 7.33. The fourth-order valence-electron chi connectivity index (χ4n) is 1.97. The van der Waals surface area contributed by atoms with E-state index in [-0.39, 0.29) is 5.56 Å². The van der Waals surface area contributed by atoms with Crippen molar-refractivity contribution in [3.63, 3.8) is 0 Å². The predicted molar refractivity (Wildman–Crippen MR) is 80.4 cm³/mol. The Bertz CT molecular complexity index is 627. The topological polar surface area (TPSA) is 53.4 Å². The molecule has 0 fully saturated rings. The van der Waals surface area contributed by atoms with Crippen molar-refractivity contribution < 1.29 is 9.90 Å². The highest BCUT2D eigenvalue weighted by molar-refractivity contribution is 7.09. The van der Waals surface area contributed by atoms with Gasteiger partial charge in [-0.1, -0.05) is 17.7 Å². The van der Waals surface area contributed by atoms with Crippen molar-refractivity contribution in [1.82, 2.24) is 9.88 Å². The summed E-state index contributed by atoms with van der Waals surface area (Å²) in [5.41, 5.74) is 3.73. The van der Waals surface area contributed by atoms with Gasteiger partial charge in [0, 0.05) is 23.0 Å². The van der Waals surface area contributed by atoms with E-state index in [1.165, 1.54) is 4.88 Å². The first-order valence-electron chi connectivity index (χ1n) is 6.07. The van der Waals surface area contributed by atoms with Crippen LogP contribution in [0.2, 0.25) is 5.02 Å². The van der Waals surface area contributed by atoms with E-state index >= 15 is 0 Å². The van der Waals surface area contributed by atoms with E-state index in [1.54, 1.807) is 29.5 Å². The van der Waals surface area contributed by atoms with E-state index in [2.05, 4.69) is 4.98 Å². The second-order valence-electron chi connectivity index (χ2n) is 4.60. The van der Waals surface area contributed by atoms with Crippen molar-refractivity contribution in [3.8, 4) is 0 Å². The van der Waals surface area contributed by atoms with Crippen LogP contribution in [-0.2, 0) is 13.1 Å². The van der Waals surface area contributed by atoms with Crippen LogP contribution in [0.4, 0.5) is 0 Å². The molecule has 0 radical (unpaired) electrons. The molecule has 2 rings (SSSR count). The molecule has 1 aromatic heterocycles. The molecule has 0 bridgehead atoms. The van der Waals surface area contributed by atoms with Gasteiger partial charge in [0.15, 0.2) is 0 Å². The smallest absolute Gasteiger partial charge is 0.336 e. The summed E-state index contributed by atoms with van der Waals surface area (Å²) in [6, 6.07) is 4.95. The zero-order valence-electron chi connectivity index (χ0n) is 11.3. The van der Waals surface area contributed by atoms with E-state index in [4.69, 9.17) is 11.6 Å². The Hall–Kier alpha value is -1.43. The monoisotopic (exact) mass is 310 g/mol. The average Bonchev–Trinajstić information content (AvgIpc) is 2.77. The van der Waals surface area contributed by atoms with Gasteiger partial charge < -0.3 is 5.11 Å². The second-order valence-corrected chi connectivity index (χ2v) is 5.95. The number of rotatable bonds is 5. The van der Waals surface area contributed by atoms with Crippen molar-refractivity contribution >= 4 is 28.9 Å². The molecule has 1 aromatic carbocycles. The van der Waals surface area contributed by atoms with E-state index in [9.17, 15) is 9.90 Å². The van der Waals surface area contributed by atoms with Gasteiger partial charge in [-0.05, 0) is 31.7 Å². The molecule has 0 aliphatic rings. The van der Waals surface area contributed by atoms with Crippen LogP contribution in [0.15, 0.2) is 23.7 Å². The van der Waals surface area contributed by atoms with Crippen molar-refractivity contribution in [3.05, 3.63) is 50.4 Å². The van der Waals surface area contributed by atoms with Crippen LogP contribution in [0.3, 0.4) is 0 Å². The lowest BCUT2D eigenvalue weighted by atomic mass is 10.1. The largest absolute Gasteiger partial charge is 0.478 e. The molecule has 0 aliphatic carbocycles. The first kappa shape index (κ1) is 15.0. The number of hydrogen-bond acceptors (Lipinski definition) is 4. The number of benzene rings is 1. The molecular formula is C14H15ClN2O2S. The first-order chi connectivity index (χ1) is 9.49. The summed E-state index contributed by atoms with van der Waals surface area (Å²) in [7, 11) is 1.94. The number of hydrogen-bond donors (Lipinski definition) is 1. The van der Waals surface area contributed by atoms with Crippen LogP contribution in [-0.4, -0.2) is 28.0 Å². The molecule has 20 heavy (non-hydrogen) atoms. The average molecular weight is 311 g/mol. The van der Waals surface area contributed by atoms with Crippen LogP contribution in [0.1, 0.15) is 26.5 Å². The van der Waals surface area contributed by atoms with Gasteiger partial charge in [0.2, 0.25) is 0 Å². The Morgan fingerprint density at radius 2 is 2.20 bits per heavy atom. The maximum atomic E-state index is 11.2. The maximum Gasteiger partial charge on any atom is 0.336 e. The molecule has 2 aromatic rings. The van der Waals surface area contributed by atoms with E-state index in [1.807, 2.05) is 24.4 Å². The van der Waals surface area contributed by atoms with Crippen LogP contribution in [0.25, 0.3) is 0 Å². The number of carboxylic acids is 1. The minimum atomic E-state index is -0.954. The molecule has 0 saturated carbocycles. The fraction of sp³-hybridized carbons (Fsp3) is 0.286. The summed E-state index contributed by atoms with van der Waals surface area (Å²) in [5.74, 6) is -0.954. The molecule has 1 heterocycles. The maximum absolute atomic E-state index is 11.2. The van der Waals surface area contributed by atoms with Gasteiger partial charge >= 0.3 is 5.97 Å². The zero-order chi connectivity index (χ0) is 14.7. The van der Waals surface area contributed by atoms with Gasteiger partial charge in [-0.2, -0.15) is 0 Å². The van der Waals surface area contributed by atoms with E-state index in [0.717, 1.165) is 12.2 Å². The number of halogens is 1. The molecule has 6 heteroatoms. The van der Waals surface area contributed by atoms with Gasteiger partial charge in [0.25, 0.3) is 0 Å². The van der Waals surface area contributed by atoms with Gasteiger partial charge in [-0.25, -0.2) is 9.78 Å². The quantitative estimate of drug-likeness (QED) is 0.919. The lowest BCUT2D eigenvalue weighted by Gasteiger charge is -2.18. The van der Waals surface area contributed by atoms with Gasteiger partial charge in [0.05, 0.1) is 16.8 Å². The summed E-state index contributed by atoms with van der Waals surface area (Å²) in [5, 5.41) is 9.70. The van der Waals surface area contributed by atoms with Crippen LogP contribution in [0.5, 0.6) is 0 Å². The molecule has 0 atom stereocenters. The highest BCUT2D eigenvalue weighted by atomic mass is 35.5. The molecule has 0 amide bonds. The van der Waals surface area contributed by atoms with Crippen molar-refractivity contribution in [2.75, 3.05) is 7.05 Å². The summed E-state index contributed by atoms with van der Waals surface area (Å²) in [6.45, 7) is 3.18. The second kappa shape index (κ2) is 6.35. The van der Waals surface area contributed by atoms with Crippen LogP contribution in [0, 0.1) is 6.92 Å². The lowest BCUT2D eigenvalue weighted by molar-refractivity contribution is 0.0694. The number of aromatic nitrogens is 1. The van der Waals surface area contributed by atoms with E-state index in [0.29, 0.717) is 17.1 Å². The third-order valence-electron chi connectivity index (χ3n) is 3.04. The molecule has 4 nitrogen and oxygen atoms in total. The number of carbonyl (C=O) groups is 1. The molecule has 1 N–H and O–H groups in total. The molecule has 106 valence electrons. The molecule has 0 aliphatic heterocycles. The Morgan fingerprint density at radius 3 is 2.80 bits per heavy atom.